The molecule has 0 unspecified atom stereocenters. The molecule has 0 fully saturated rings. The molecule has 0 saturated heterocycles. The van der Waals surface area contributed by atoms with Crippen molar-refractivity contribution in [3.05, 3.63) is 36.0 Å². The third kappa shape index (κ3) is 3.37. The molecule has 0 aliphatic rings. The highest BCUT2D eigenvalue weighted by atomic mass is 16.5. The molecule has 0 aliphatic heterocycles. The zero-order valence-corrected chi connectivity index (χ0v) is 11.6. The summed E-state index contributed by atoms with van der Waals surface area (Å²) in [6, 6.07) is 7.70. The first-order valence-electron chi connectivity index (χ1n) is 6.69. The van der Waals surface area contributed by atoms with Gasteiger partial charge in [-0.15, -0.1) is 0 Å². The maximum absolute atomic E-state index is 11.9. The maximum atomic E-state index is 11.9. The minimum Gasteiger partial charge on any atom is -0.392 e. The molecule has 0 bridgehead atoms. The van der Waals surface area contributed by atoms with Crippen LogP contribution in [0.5, 0.6) is 0 Å². The third-order valence-electron chi connectivity index (χ3n) is 3.20. The normalized spacial score (nSPS) is 10.9. The monoisotopic (exact) mass is 276 g/mol. The quantitative estimate of drug-likeness (QED) is 0.749. The van der Waals surface area contributed by atoms with Crippen molar-refractivity contribution in [3.8, 4) is 0 Å². The molecule has 5 nitrogen and oxygen atoms in total. The van der Waals surface area contributed by atoms with E-state index in [-0.39, 0.29) is 19.1 Å². The van der Waals surface area contributed by atoms with Crippen molar-refractivity contribution in [2.45, 2.75) is 19.6 Å². The first-order valence-corrected chi connectivity index (χ1v) is 6.69. The lowest BCUT2D eigenvalue weighted by Crippen LogP contribution is -2.28. The minimum atomic E-state index is -0.0358. The van der Waals surface area contributed by atoms with Gasteiger partial charge in [0.15, 0.2) is 0 Å². The molecule has 0 spiro atoms. The van der Waals surface area contributed by atoms with Gasteiger partial charge in [0.1, 0.15) is 6.54 Å². The van der Waals surface area contributed by atoms with Gasteiger partial charge >= 0.3 is 0 Å². The highest BCUT2D eigenvalue weighted by Crippen LogP contribution is 2.20. The van der Waals surface area contributed by atoms with E-state index in [4.69, 9.17) is 4.74 Å². The number of hydrogen-bond donors (Lipinski definition) is 2. The van der Waals surface area contributed by atoms with Crippen molar-refractivity contribution < 1.29 is 14.6 Å². The maximum Gasteiger partial charge on any atom is 0.239 e. The van der Waals surface area contributed by atoms with E-state index in [1.54, 1.807) is 7.11 Å². The van der Waals surface area contributed by atoms with Crippen molar-refractivity contribution in [2.24, 2.45) is 0 Å². The molecule has 5 heteroatoms. The number of amides is 1. The second-order valence-corrected chi connectivity index (χ2v) is 4.65. The van der Waals surface area contributed by atoms with E-state index >= 15 is 0 Å². The fourth-order valence-electron chi connectivity index (χ4n) is 2.26. The number of hydrogen-bond acceptors (Lipinski definition) is 3. The van der Waals surface area contributed by atoms with E-state index in [2.05, 4.69) is 5.32 Å². The summed E-state index contributed by atoms with van der Waals surface area (Å²) in [5.41, 5.74) is 1.75. The molecule has 20 heavy (non-hydrogen) atoms. The van der Waals surface area contributed by atoms with Crippen molar-refractivity contribution in [1.29, 1.82) is 0 Å². The summed E-state index contributed by atoms with van der Waals surface area (Å²) in [5.74, 6) is -0.0358. The largest absolute Gasteiger partial charge is 0.392 e. The molecule has 1 aromatic heterocycles. The number of carbonyl (C=O) groups excluding carboxylic acids is 1. The highest BCUT2D eigenvalue weighted by Gasteiger charge is 2.08. The zero-order chi connectivity index (χ0) is 14.4. The molecular weight excluding hydrogens is 256 g/mol. The van der Waals surface area contributed by atoms with E-state index in [0.29, 0.717) is 13.2 Å². The predicted octanol–water partition coefficient (Wildman–Crippen LogP) is 1.29. The SMILES string of the molecule is COCCCNC(=O)Cn1ccc2cccc(CO)c21. The van der Waals surface area contributed by atoms with Crippen LogP contribution in [0.15, 0.2) is 30.5 Å². The average molecular weight is 276 g/mol. The number of para-hydroxylation sites is 1. The van der Waals surface area contributed by atoms with Gasteiger partial charge < -0.3 is 19.7 Å². The van der Waals surface area contributed by atoms with Crippen molar-refractivity contribution in [1.82, 2.24) is 9.88 Å². The van der Waals surface area contributed by atoms with E-state index < -0.39 is 0 Å². The molecule has 0 atom stereocenters. The molecule has 0 aliphatic carbocycles. The van der Waals surface area contributed by atoms with Crippen molar-refractivity contribution in [3.63, 3.8) is 0 Å². The second-order valence-electron chi connectivity index (χ2n) is 4.65. The summed E-state index contributed by atoms with van der Waals surface area (Å²) in [4.78, 5) is 11.9. The van der Waals surface area contributed by atoms with Crippen LogP contribution in [0.25, 0.3) is 10.9 Å². The van der Waals surface area contributed by atoms with Gasteiger partial charge in [0.25, 0.3) is 0 Å². The van der Waals surface area contributed by atoms with Crippen LogP contribution < -0.4 is 5.32 Å². The fourth-order valence-corrected chi connectivity index (χ4v) is 2.26. The second kappa shape index (κ2) is 7.07. The van der Waals surface area contributed by atoms with Crippen LogP contribution in [0, 0.1) is 0 Å². The lowest BCUT2D eigenvalue weighted by molar-refractivity contribution is -0.121. The van der Waals surface area contributed by atoms with Gasteiger partial charge in [0, 0.05) is 32.0 Å². The first kappa shape index (κ1) is 14.6. The van der Waals surface area contributed by atoms with Crippen molar-refractivity contribution >= 4 is 16.8 Å². The van der Waals surface area contributed by atoms with Gasteiger partial charge in [-0.3, -0.25) is 4.79 Å². The number of nitrogens with zero attached hydrogens (tertiary/aromatic N) is 1. The lowest BCUT2D eigenvalue weighted by atomic mass is 10.1. The van der Waals surface area contributed by atoms with Crippen LogP contribution in [0.2, 0.25) is 0 Å². The van der Waals surface area contributed by atoms with E-state index in [9.17, 15) is 9.90 Å². The summed E-state index contributed by atoms with van der Waals surface area (Å²) < 4.78 is 6.80. The standard InChI is InChI=1S/C15H20N2O3/c1-20-9-3-7-16-14(19)10-17-8-6-12-4-2-5-13(11-18)15(12)17/h2,4-6,8,18H,3,7,9-11H2,1H3,(H,16,19). The Morgan fingerprint density at radius 3 is 3.00 bits per heavy atom. The van der Waals surface area contributed by atoms with Gasteiger partial charge in [0.05, 0.1) is 12.1 Å². The smallest absolute Gasteiger partial charge is 0.239 e. The zero-order valence-electron chi connectivity index (χ0n) is 11.6. The number of fused-ring (bicyclic) bond motifs is 1. The van der Waals surface area contributed by atoms with Gasteiger partial charge in [0.2, 0.25) is 5.91 Å². The number of ether oxygens (including phenoxy) is 1. The lowest BCUT2D eigenvalue weighted by Gasteiger charge is -2.09. The molecule has 0 saturated carbocycles. The number of aliphatic hydroxyl groups excluding tert-OH is 1. The van der Waals surface area contributed by atoms with E-state index in [1.165, 1.54) is 0 Å². The summed E-state index contributed by atoms with van der Waals surface area (Å²) >= 11 is 0. The number of rotatable bonds is 7. The number of aromatic nitrogens is 1. The van der Waals surface area contributed by atoms with Gasteiger partial charge in [-0.1, -0.05) is 18.2 Å². The molecule has 0 radical (unpaired) electrons. The van der Waals surface area contributed by atoms with Crippen LogP contribution in [0.3, 0.4) is 0 Å². The highest BCUT2D eigenvalue weighted by molar-refractivity contribution is 5.85. The Hall–Kier alpha value is -1.85. The molecule has 1 amide bonds. The number of carbonyl (C=O) groups is 1. The fraction of sp³-hybridized carbons (Fsp3) is 0.400. The van der Waals surface area contributed by atoms with Crippen LogP contribution >= 0.6 is 0 Å². The number of aliphatic hydroxyl groups is 1. The number of methoxy groups -OCH3 is 1. The number of nitrogens with one attached hydrogen (secondary N) is 1. The van der Waals surface area contributed by atoms with Gasteiger partial charge in [-0.2, -0.15) is 0 Å². The van der Waals surface area contributed by atoms with Crippen LogP contribution in [0.4, 0.5) is 0 Å². The molecule has 2 aromatic rings. The Kier molecular flexibility index (Phi) is 5.15. The van der Waals surface area contributed by atoms with Crippen LogP contribution in [-0.4, -0.2) is 35.8 Å². The Morgan fingerprint density at radius 1 is 1.40 bits per heavy atom. The molecule has 1 aromatic carbocycles. The predicted molar refractivity (Wildman–Crippen MR) is 77.4 cm³/mol. The molecular formula is C15H20N2O3. The summed E-state index contributed by atoms with van der Waals surface area (Å²) in [6.45, 7) is 1.48. The van der Waals surface area contributed by atoms with Crippen molar-refractivity contribution in [2.75, 3.05) is 20.3 Å². The van der Waals surface area contributed by atoms with E-state index in [0.717, 1.165) is 22.9 Å². The summed E-state index contributed by atoms with van der Waals surface area (Å²) in [6.07, 6.45) is 2.68. The van der Waals surface area contributed by atoms with Gasteiger partial charge in [-0.05, 0) is 17.9 Å². The molecule has 108 valence electrons. The molecule has 1 heterocycles. The van der Waals surface area contributed by atoms with E-state index in [1.807, 2.05) is 35.0 Å². The minimum absolute atomic E-state index is 0.0309. The molecule has 2 rings (SSSR count). The summed E-state index contributed by atoms with van der Waals surface area (Å²) in [5, 5.41) is 13.3. The van der Waals surface area contributed by atoms with Crippen LogP contribution in [0.1, 0.15) is 12.0 Å². The first-order chi connectivity index (χ1) is 9.76. The Labute approximate surface area is 118 Å². The van der Waals surface area contributed by atoms with Crippen LogP contribution in [-0.2, 0) is 22.7 Å². The average Bonchev–Trinajstić information content (AvgIpc) is 2.87. The topological polar surface area (TPSA) is 63.5 Å². The summed E-state index contributed by atoms with van der Waals surface area (Å²) in [7, 11) is 1.64. The third-order valence-corrected chi connectivity index (χ3v) is 3.20. The molecule has 2 N–H and O–H groups in total. The van der Waals surface area contributed by atoms with Gasteiger partial charge in [-0.25, -0.2) is 0 Å². The Morgan fingerprint density at radius 2 is 2.25 bits per heavy atom. The Bertz CT molecular complexity index is 578. The Balaban J connectivity index is 2.04. The number of benzene rings is 1.